The lowest BCUT2D eigenvalue weighted by Crippen LogP contribution is -1.74. The molecule has 0 aliphatic carbocycles. The predicted octanol–water partition coefficient (Wildman–Crippen LogP) is 1.43. The van der Waals surface area contributed by atoms with Gasteiger partial charge in [0.25, 0.3) is 0 Å². The van der Waals surface area contributed by atoms with Crippen molar-refractivity contribution in [1.82, 2.24) is 0 Å². The van der Waals surface area contributed by atoms with E-state index in [1.54, 1.807) is 12.1 Å². The molecule has 0 fully saturated rings. The molecule has 1 aromatic rings. The van der Waals surface area contributed by atoms with Crippen molar-refractivity contribution in [2.24, 2.45) is 0 Å². The topological polar surface area (TPSA) is 47.6 Å². The Labute approximate surface area is 61.8 Å². The minimum absolute atomic E-state index is 0.124. The molecule has 0 aromatic heterocycles. The molecule has 0 bridgehead atoms. The molecular formula is C8H4N2. The number of nitrogens with zero attached hydrogens (tertiary/aromatic N) is 2. The van der Waals surface area contributed by atoms with Gasteiger partial charge in [0.05, 0.1) is 26.0 Å². The van der Waals surface area contributed by atoms with E-state index >= 15 is 0 Å². The molecule has 1 aromatic carbocycles. The van der Waals surface area contributed by atoms with Crippen LogP contribution in [-0.4, -0.2) is 0 Å². The smallest absolute Gasteiger partial charge is 0.0991 e. The summed E-state index contributed by atoms with van der Waals surface area (Å²) in [5.74, 6) is 0. The van der Waals surface area contributed by atoms with Crippen LogP contribution in [0.1, 0.15) is 13.9 Å². The van der Waals surface area contributed by atoms with Crippen LogP contribution in [0.25, 0.3) is 0 Å². The summed E-state index contributed by atoms with van der Waals surface area (Å²) >= 11 is 0. The number of nitriles is 2. The minimum Gasteiger partial charge on any atom is -0.192 e. The van der Waals surface area contributed by atoms with Gasteiger partial charge in [0.15, 0.2) is 0 Å². The molecular weight excluding hydrogens is 124 g/mol. The molecule has 0 radical (unpaired) electrons. The zero-order valence-electron chi connectivity index (χ0n) is 7.05. The summed E-state index contributed by atoms with van der Waals surface area (Å²) in [4.78, 5) is 0. The van der Waals surface area contributed by atoms with Gasteiger partial charge in [-0.1, -0.05) is 0 Å². The van der Waals surface area contributed by atoms with Crippen molar-refractivity contribution in [1.29, 1.82) is 10.5 Å². The maximum Gasteiger partial charge on any atom is 0.0991 e. The van der Waals surface area contributed by atoms with E-state index in [-0.39, 0.29) is 23.2 Å². The zero-order valence-corrected chi connectivity index (χ0v) is 5.05. The number of benzene rings is 1. The highest BCUT2D eigenvalue weighted by atomic mass is 14.2. The Morgan fingerprint density at radius 3 is 1.80 bits per heavy atom. The van der Waals surface area contributed by atoms with Crippen molar-refractivity contribution in [3.05, 3.63) is 35.3 Å². The SMILES string of the molecule is [2H]c1c(C#N)ccc(C#N)c1[2H]. The van der Waals surface area contributed by atoms with Crippen molar-refractivity contribution in [3.63, 3.8) is 0 Å². The standard InChI is InChI=1S/C8H4N2/c9-5-7-1-2-8(6-10)4-3-7/h1-4H/i1D,2D. The predicted molar refractivity (Wildman–Crippen MR) is 35.9 cm³/mol. The van der Waals surface area contributed by atoms with Gasteiger partial charge in [-0.3, -0.25) is 0 Å². The molecule has 10 heavy (non-hydrogen) atoms. The van der Waals surface area contributed by atoms with Crippen LogP contribution in [0.3, 0.4) is 0 Å². The van der Waals surface area contributed by atoms with Crippen molar-refractivity contribution in [2.45, 2.75) is 0 Å². The fourth-order valence-corrected chi connectivity index (χ4v) is 0.515. The summed E-state index contributed by atoms with van der Waals surface area (Å²) in [6.07, 6.45) is 0. The molecule has 0 saturated heterocycles. The van der Waals surface area contributed by atoms with E-state index in [2.05, 4.69) is 0 Å². The summed E-state index contributed by atoms with van der Waals surface area (Å²) in [6.45, 7) is 0. The highest BCUT2D eigenvalue weighted by molar-refractivity contribution is 5.36. The third-order valence-corrected chi connectivity index (χ3v) is 0.989. The largest absolute Gasteiger partial charge is 0.192 e. The first-order valence-electron chi connectivity index (χ1n) is 3.61. The molecule has 0 saturated carbocycles. The van der Waals surface area contributed by atoms with Gasteiger partial charge in [0.1, 0.15) is 0 Å². The van der Waals surface area contributed by atoms with Crippen LogP contribution in [-0.2, 0) is 0 Å². The van der Waals surface area contributed by atoms with E-state index in [1.807, 2.05) is 0 Å². The maximum absolute atomic E-state index is 8.47. The molecule has 0 heterocycles. The van der Waals surface area contributed by atoms with Gasteiger partial charge < -0.3 is 0 Å². The quantitative estimate of drug-likeness (QED) is 0.533. The van der Waals surface area contributed by atoms with Crippen molar-refractivity contribution >= 4 is 0 Å². The third-order valence-electron chi connectivity index (χ3n) is 0.989. The van der Waals surface area contributed by atoms with Gasteiger partial charge in [-0.25, -0.2) is 0 Å². The van der Waals surface area contributed by atoms with Crippen LogP contribution < -0.4 is 0 Å². The summed E-state index contributed by atoms with van der Waals surface area (Å²) in [5.41, 5.74) is 0.248. The summed E-state index contributed by atoms with van der Waals surface area (Å²) in [7, 11) is 0. The lowest BCUT2D eigenvalue weighted by Gasteiger charge is -1.85. The number of hydrogen-bond donors (Lipinski definition) is 0. The Morgan fingerprint density at radius 2 is 1.50 bits per heavy atom. The third kappa shape index (κ3) is 1.13. The molecule has 0 aliphatic rings. The van der Waals surface area contributed by atoms with E-state index in [0.29, 0.717) is 0 Å². The van der Waals surface area contributed by atoms with E-state index in [1.165, 1.54) is 12.1 Å². The van der Waals surface area contributed by atoms with Gasteiger partial charge >= 0.3 is 0 Å². The van der Waals surface area contributed by atoms with Crippen LogP contribution in [0.2, 0.25) is 0 Å². The van der Waals surface area contributed by atoms with Crippen LogP contribution in [0.4, 0.5) is 0 Å². The fraction of sp³-hybridized carbons (Fsp3) is 0. The average molecular weight is 130 g/mol. The van der Waals surface area contributed by atoms with E-state index in [4.69, 9.17) is 13.3 Å². The molecule has 1 rings (SSSR count). The molecule has 0 N–H and O–H groups in total. The Hall–Kier alpha value is -1.80. The molecule has 0 atom stereocenters. The van der Waals surface area contributed by atoms with E-state index in [9.17, 15) is 0 Å². The fourth-order valence-electron chi connectivity index (χ4n) is 0.515. The van der Waals surface area contributed by atoms with E-state index < -0.39 is 0 Å². The molecule has 0 aliphatic heterocycles. The lowest BCUT2D eigenvalue weighted by atomic mass is 10.2. The maximum atomic E-state index is 8.47. The Bertz CT molecular complexity index is 360. The molecule has 0 unspecified atom stereocenters. The second-order valence-electron chi connectivity index (χ2n) is 1.63. The van der Waals surface area contributed by atoms with Crippen LogP contribution >= 0.6 is 0 Å². The van der Waals surface area contributed by atoms with E-state index in [0.717, 1.165) is 0 Å². The van der Waals surface area contributed by atoms with Gasteiger partial charge in [0.2, 0.25) is 0 Å². The first kappa shape index (κ1) is 4.09. The molecule has 2 nitrogen and oxygen atoms in total. The monoisotopic (exact) mass is 130 g/mol. The van der Waals surface area contributed by atoms with Crippen molar-refractivity contribution < 1.29 is 2.74 Å². The Morgan fingerprint density at radius 1 is 1.10 bits per heavy atom. The van der Waals surface area contributed by atoms with Crippen LogP contribution in [0, 0.1) is 22.7 Å². The highest BCUT2D eigenvalue weighted by Gasteiger charge is 1.88. The molecule has 2 heteroatoms. The van der Waals surface area contributed by atoms with Gasteiger partial charge in [-0.15, -0.1) is 0 Å². The average Bonchev–Trinajstić information content (AvgIpc) is 2.10. The lowest BCUT2D eigenvalue weighted by molar-refractivity contribution is 1.45. The van der Waals surface area contributed by atoms with Crippen molar-refractivity contribution in [2.75, 3.05) is 0 Å². The zero-order chi connectivity index (χ0) is 9.14. The normalized spacial score (nSPS) is 10.6. The summed E-state index contributed by atoms with van der Waals surface area (Å²) in [5, 5.41) is 16.9. The first-order valence-corrected chi connectivity index (χ1v) is 2.61. The first-order chi connectivity index (χ1) is 5.70. The summed E-state index contributed by atoms with van der Waals surface area (Å²) < 4.78 is 14.6. The second kappa shape index (κ2) is 2.66. The molecule has 0 spiro atoms. The van der Waals surface area contributed by atoms with Crippen LogP contribution in [0.15, 0.2) is 24.2 Å². The second-order valence-corrected chi connectivity index (χ2v) is 1.63. The highest BCUT2D eigenvalue weighted by Crippen LogP contribution is 2.00. The van der Waals surface area contributed by atoms with Gasteiger partial charge in [-0.05, 0) is 24.2 Å². The molecule has 46 valence electrons. The minimum atomic E-state index is -0.184. The van der Waals surface area contributed by atoms with Crippen LogP contribution in [0.5, 0.6) is 0 Å². The van der Waals surface area contributed by atoms with Gasteiger partial charge in [-0.2, -0.15) is 10.5 Å². The van der Waals surface area contributed by atoms with Gasteiger partial charge in [0, 0.05) is 0 Å². The Balaban J connectivity index is 3.45. The Kier molecular flexibility index (Phi) is 1.09. The number of rotatable bonds is 0. The van der Waals surface area contributed by atoms with Crippen molar-refractivity contribution in [3.8, 4) is 12.1 Å². The molecule has 0 amide bonds. The number of hydrogen-bond acceptors (Lipinski definition) is 2. The summed E-state index contributed by atoms with van der Waals surface area (Å²) in [6, 6.07) is 5.92.